The number of rotatable bonds is 3. The minimum absolute atomic E-state index is 0.271. The summed E-state index contributed by atoms with van der Waals surface area (Å²) >= 11 is 0. The lowest BCUT2D eigenvalue weighted by atomic mass is 9.87. The largest absolute Gasteiger partial charge is 0.464 e. The summed E-state index contributed by atoms with van der Waals surface area (Å²) in [5.74, 6) is 0.271. The number of hydrogen-bond acceptors (Lipinski definition) is 3. The monoisotopic (exact) mass is 254 g/mol. The third-order valence-electron chi connectivity index (χ3n) is 4.05. The van der Waals surface area contributed by atoms with Gasteiger partial charge in [0, 0.05) is 29.5 Å². The molecular weight excluding hydrogens is 236 g/mol. The number of nitrogens with one attached hydrogen (secondary N) is 1. The average Bonchev–Trinajstić information content (AvgIpc) is 2.89. The standard InChI is InChI=1S/C16H18N2O/c17-9-12-5-7-14(8-6-12)18-10-13-11-19-16-4-2-1-3-15(13)16/h1-4,11-12,14,18H,5-8,10H2. The second kappa shape index (κ2) is 5.46. The number of hydrogen-bond donors (Lipinski definition) is 1. The first-order chi connectivity index (χ1) is 9.36. The fourth-order valence-electron chi connectivity index (χ4n) is 2.85. The molecule has 1 fully saturated rings. The Kier molecular flexibility index (Phi) is 3.52. The molecule has 0 radical (unpaired) electrons. The number of nitrogens with zero attached hydrogens (tertiary/aromatic N) is 1. The van der Waals surface area contributed by atoms with Gasteiger partial charge in [-0.2, -0.15) is 5.26 Å². The zero-order valence-corrected chi connectivity index (χ0v) is 10.9. The van der Waals surface area contributed by atoms with Crippen molar-refractivity contribution in [3.8, 4) is 6.07 Å². The molecule has 3 nitrogen and oxygen atoms in total. The summed E-state index contributed by atoms with van der Waals surface area (Å²) in [5, 5.41) is 13.7. The quantitative estimate of drug-likeness (QED) is 0.910. The first kappa shape index (κ1) is 12.3. The summed E-state index contributed by atoms with van der Waals surface area (Å²) in [6, 6.07) is 11.0. The summed E-state index contributed by atoms with van der Waals surface area (Å²) in [6.45, 7) is 0.846. The third kappa shape index (κ3) is 2.64. The smallest absolute Gasteiger partial charge is 0.134 e. The van der Waals surface area contributed by atoms with Gasteiger partial charge in [0.15, 0.2) is 0 Å². The van der Waals surface area contributed by atoms with Gasteiger partial charge in [-0.3, -0.25) is 0 Å². The molecule has 1 saturated carbocycles. The summed E-state index contributed by atoms with van der Waals surface area (Å²) in [7, 11) is 0. The van der Waals surface area contributed by atoms with Crippen LogP contribution in [0.3, 0.4) is 0 Å². The Labute approximate surface area is 113 Å². The van der Waals surface area contributed by atoms with Gasteiger partial charge in [0.2, 0.25) is 0 Å². The van der Waals surface area contributed by atoms with E-state index in [1.165, 1.54) is 10.9 Å². The maximum atomic E-state index is 8.89. The first-order valence-electron chi connectivity index (χ1n) is 6.95. The molecule has 0 amide bonds. The summed E-state index contributed by atoms with van der Waals surface area (Å²) in [5.41, 5.74) is 2.17. The number of para-hydroxylation sites is 1. The van der Waals surface area contributed by atoms with Crippen molar-refractivity contribution in [3.63, 3.8) is 0 Å². The van der Waals surface area contributed by atoms with Crippen LogP contribution < -0.4 is 5.32 Å². The highest BCUT2D eigenvalue weighted by Crippen LogP contribution is 2.25. The Balaban J connectivity index is 1.60. The molecule has 98 valence electrons. The molecule has 3 heteroatoms. The van der Waals surface area contributed by atoms with E-state index in [1.807, 2.05) is 24.5 Å². The molecule has 0 spiro atoms. The van der Waals surface area contributed by atoms with Crippen molar-refractivity contribution in [2.24, 2.45) is 5.92 Å². The molecule has 1 aliphatic carbocycles. The minimum Gasteiger partial charge on any atom is -0.464 e. The van der Waals surface area contributed by atoms with Gasteiger partial charge in [0.25, 0.3) is 0 Å². The predicted octanol–water partition coefficient (Wildman–Crippen LogP) is 3.60. The first-order valence-corrected chi connectivity index (χ1v) is 6.95. The molecule has 1 aromatic heterocycles. The van der Waals surface area contributed by atoms with E-state index < -0.39 is 0 Å². The van der Waals surface area contributed by atoms with E-state index >= 15 is 0 Å². The van der Waals surface area contributed by atoms with Crippen LogP contribution >= 0.6 is 0 Å². The lowest BCUT2D eigenvalue weighted by molar-refractivity contribution is 0.331. The minimum atomic E-state index is 0.271. The maximum Gasteiger partial charge on any atom is 0.134 e. The van der Waals surface area contributed by atoms with Crippen molar-refractivity contribution in [3.05, 3.63) is 36.1 Å². The molecule has 0 bridgehead atoms. The van der Waals surface area contributed by atoms with Crippen molar-refractivity contribution in [2.75, 3.05) is 0 Å². The van der Waals surface area contributed by atoms with E-state index in [-0.39, 0.29) is 5.92 Å². The Hall–Kier alpha value is -1.79. The third-order valence-corrected chi connectivity index (χ3v) is 4.05. The van der Waals surface area contributed by atoms with Crippen molar-refractivity contribution in [2.45, 2.75) is 38.3 Å². The molecular formula is C16H18N2O. The van der Waals surface area contributed by atoms with E-state index in [4.69, 9.17) is 9.68 Å². The normalized spacial score (nSPS) is 23.3. The van der Waals surface area contributed by atoms with Crippen LogP contribution in [-0.2, 0) is 6.54 Å². The van der Waals surface area contributed by atoms with E-state index in [1.54, 1.807) is 0 Å². The molecule has 0 saturated heterocycles. The fraction of sp³-hybridized carbons (Fsp3) is 0.438. The van der Waals surface area contributed by atoms with Crippen molar-refractivity contribution in [1.82, 2.24) is 5.32 Å². The lowest BCUT2D eigenvalue weighted by Crippen LogP contribution is -2.32. The molecule has 1 N–H and O–H groups in total. The van der Waals surface area contributed by atoms with Gasteiger partial charge < -0.3 is 9.73 Å². The van der Waals surface area contributed by atoms with Crippen LogP contribution in [0.5, 0.6) is 0 Å². The molecule has 1 aliphatic rings. The SMILES string of the molecule is N#CC1CCC(NCc2coc3ccccc23)CC1. The van der Waals surface area contributed by atoms with E-state index in [9.17, 15) is 0 Å². The number of benzene rings is 1. The summed E-state index contributed by atoms with van der Waals surface area (Å²) in [6.07, 6.45) is 6.11. The van der Waals surface area contributed by atoms with Gasteiger partial charge in [0.05, 0.1) is 12.3 Å². The van der Waals surface area contributed by atoms with Gasteiger partial charge in [0.1, 0.15) is 5.58 Å². The summed E-state index contributed by atoms with van der Waals surface area (Å²) < 4.78 is 5.54. The van der Waals surface area contributed by atoms with Crippen LogP contribution in [-0.4, -0.2) is 6.04 Å². The predicted molar refractivity (Wildman–Crippen MR) is 74.4 cm³/mol. The molecule has 0 unspecified atom stereocenters. The Morgan fingerprint density at radius 2 is 2.00 bits per heavy atom. The molecule has 3 rings (SSSR count). The van der Waals surface area contributed by atoms with Crippen molar-refractivity contribution < 1.29 is 4.42 Å². The van der Waals surface area contributed by atoms with Crippen LogP contribution in [0.15, 0.2) is 34.9 Å². The molecule has 1 heterocycles. The van der Waals surface area contributed by atoms with Gasteiger partial charge >= 0.3 is 0 Å². The maximum absolute atomic E-state index is 8.89. The summed E-state index contributed by atoms with van der Waals surface area (Å²) in [4.78, 5) is 0. The zero-order valence-electron chi connectivity index (χ0n) is 10.9. The highest BCUT2D eigenvalue weighted by Gasteiger charge is 2.20. The van der Waals surface area contributed by atoms with Gasteiger partial charge in [-0.05, 0) is 31.7 Å². The van der Waals surface area contributed by atoms with Crippen molar-refractivity contribution >= 4 is 11.0 Å². The van der Waals surface area contributed by atoms with Crippen LogP contribution in [0.1, 0.15) is 31.2 Å². The lowest BCUT2D eigenvalue weighted by Gasteiger charge is -2.25. The molecule has 0 atom stereocenters. The van der Waals surface area contributed by atoms with Crippen LogP contribution in [0.25, 0.3) is 11.0 Å². The fourth-order valence-corrected chi connectivity index (χ4v) is 2.85. The van der Waals surface area contributed by atoms with Crippen LogP contribution in [0, 0.1) is 17.2 Å². The number of nitriles is 1. The topological polar surface area (TPSA) is 49.0 Å². The van der Waals surface area contributed by atoms with Gasteiger partial charge in [-0.25, -0.2) is 0 Å². The molecule has 2 aromatic rings. The average molecular weight is 254 g/mol. The molecule has 1 aromatic carbocycles. The zero-order chi connectivity index (χ0) is 13.1. The van der Waals surface area contributed by atoms with Gasteiger partial charge in [-0.1, -0.05) is 18.2 Å². The van der Waals surface area contributed by atoms with Crippen molar-refractivity contribution in [1.29, 1.82) is 5.26 Å². The van der Waals surface area contributed by atoms with Crippen LogP contribution in [0.2, 0.25) is 0 Å². The number of furan rings is 1. The van der Waals surface area contributed by atoms with E-state index in [0.717, 1.165) is 37.8 Å². The second-order valence-corrected chi connectivity index (χ2v) is 5.32. The second-order valence-electron chi connectivity index (χ2n) is 5.32. The number of fused-ring (bicyclic) bond motifs is 1. The van der Waals surface area contributed by atoms with E-state index in [2.05, 4.69) is 17.5 Å². The Bertz CT molecular complexity index is 588. The van der Waals surface area contributed by atoms with Crippen LogP contribution in [0.4, 0.5) is 0 Å². The Morgan fingerprint density at radius 3 is 2.79 bits per heavy atom. The molecule has 19 heavy (non-hydrogen) atoms. The van der Waals surface area contributed by atoms with Gasteiger partial charge in [-0.15, -0.1) is 0 Å². The highest BCUT2D eigenvalue weighted by atomic mass is 16.3. The Morgan fingerprint density at radius 1 is 1.21 bits per heavy atom. The highest BCUT2D eigenvalue weighted by molar-refractivity contribution is 5.80. The molecule has 0 aliphatic heterocycles. The van der Waals surface area contributed by atoms with E-state index in [0.29, 0.717) is 6.04 Å².